The minimum absolute atomic E-state index is 0.0188. The van der Waals surface area contributed by atoms with Gasteiger partial charge in [0.15, 0.2) is 0 Å². The molecule has 0 unspecified atom stereocenters. The molecular formula is C13H7BrF2N2OS. The van der Waals surface area contributed by atoms with Crippen molar-refractivity contribution in [1.29, 1.82) is 0 Å². The summed E-state index contributed by atoms with van der Waals surface area (Å²) in [4.78, 5) is 0.783. The van der Waals surface area contributed by atoms with Crippen LogP contribution in [0.4, 0.5) is 14.7 Å². The first-order valence-electron chi connectivity index (χ1n) is 5.51. The van der Waals surface area contributed by atoms with Gasteiger partial charge in [-0.2, -0.15) is 0 Å². The zero-order valence-electron chi connectivity index (χ0n) is 9.86. The normalized spacial score (nSPS) is 10.9. The predicted molar refractivity (Wildman–Crippen MR) is 77.3 cm³/mol. The number of benzene rings is 1. The number of nitrogen functional groups attached to an aromatic ring is 1. The van der Waals surface area contributed by atoms with Crippen LogP contribution in [-0.4, -0.2) is 5.16 Å². The minimum Gasteiger partial charge on any atom is -0.367 e. The highest BCUT2D eigenvalue weighted by Crippen LogP contribution is 2.41. The van der Waals surface area contributed by atoms with Crippen LogP contribution in [-0.2, 0) is 0 Å². The Morgan fingerprint density at radius 1 is 1.20 bits per heavy atom. The summed E-state index contributed by atoms with van der Waals surface area (Å²) in [6.07, 6.45) is 0. The van der Waals surface area contributed by atoms with Gasteiger partial charge in [-0.3, -0.25) is 0 Å². The molecule has 0 atom stereocenters. The molecule has 20 heavy (non-hydrogen) atoms. The third-order valence-electron chi connectivity index (χ3n) is 2.70. The van der Waals surface area contributed by atoms with Crippen molar-refractivity contribution in [2.24, 2.45) is 0 Å². The van der Waals surface area contributed by atoms with Crippen LogP contribution in [0, 0.1) is 11.6 Å². The van der Waals surface area contributed by atoms with Gasteiger partial charge >= 0.3 is 0 Å². The highest BCUT2D eigenvalue weighted by Gasteiger charge is 2.21. The number of anilines is 1. The Morgan fingerprint density at radius 3 is 2.50 bits per heavy atom. The standard InChI is InChI=1S/C13H7BrF2N2OS/c14-9-1-2-20-12(9)11-10(13(17)19-18-11)6-3-7(15)5-8(16)4-6/h1-5H,17H2. The fourth-order valence-electron chi connectivity index (χ4n) is 1.90. The average Bonchev–Trinajstić information content (AvgIpc) is 2.93. The van der Waals surface area contributed by atoms with Gasteiger partial charge in [0.1, 0.15) is 17.3 Å². The molecular weight excluding hydrogens is 350 g/mol. The van der Waals surface area contributed by atoms with E-state index in [1.54, 1.807) is 0 Å². The van der Waals surface area contributed by atoms with Gasteiger partial charge in [0.05, 0.1) is 10.4 Å². The van der Waals surface area contributed by atoms with Crippen molar-refractivity contribution >= 4 is 33.2 Å². The van der Waals surface area contributed by atoms with Crippen molar-refractivity contribution in [3.8, 4) is 21.7 Å². The summed E-state index contributed by atoms with van der Waals surface area (Å²) in [5.74, 6) is -1.35. The summed E-state index contributed by atoms with van der Waals surface area (Å²) < 4.78 is 32.5. The molecule has 0 saturated heterocycles. The lowest BCUT2D eigenvalue weighted by Gasteiger charge is -2.03. The molecule has 0 aliphatic rings. The van der Waals surface area contributed by atoms with Gasteiger partial charge in [-0.15, -0.1) is 11.3 Å². The van der Waals surface area contributed by atoms with Crippen molar-refractivity contribution in [3.63, 3.8) is 0 Å². The van der Waals surface area contributed by atoms with Crippen LogP contribution < -0.4 is 5.73 Å². The fourth-order valence-corrected chi connectivity index (χ4v) is 3.44. The van der Waals surface area contributed by atoms with E-state index in [1.165, 1.54) is 23.5 Å². The SMILES string of the molecule is Nc1onc(-c2sccc2Br)c1-c1cc(F)cc(F)c1. The third kappa shape index (κ3) is 2.23. The van der Waals surface area contributed by atoms with E-state index in [-0.39, 0.29) is 11.4 Å². The van der Waals surface area contributed by atoms with Gasteiger partial charge in [0, 0.05) is 10.5 Å². The molecule has 0 radical (unpaired) electrons. The van der Waals surface area contributed by atoms with Crippen LogP contribution in [0.1, 0.15) is 0 Å². The van der Waals surface area contributed by atoms with Gasteiger partial charge in [0.25, 0.3) is 0 Å². The number of aromatic nitrogens is 1. The number of hydrogen-bond acceptors (Lipinski definition) is 4. The van der Waals surface area contributed by atoms with E-state index in [0.717, 1.165) is 15.4 Å². The Balaban J connectivity index is 2.24. The Bertz CT molecular complexity index is 764. The highest BCUT2D eigenvalue weighted by molar-refractivity contribution is 9.10. The Labute approximate surface area is 125 Å². The predicted octanol–water partition coefficient (Wildman–Crippen LogP) is 4.69. The van der Waals surface area contributed by atoms with Crippen LogP contribution >= 0.6 is 27.3 Å². The molecule has 2 heterocycles. The van der Waals surface area contributed by atoms with Crippen LogP contribution in [0.2, 0.25) is 0 Å². The van der Waals surface area contributed by atoms with E-state index in [2.05, 4.69) is 21.1 Å². The number of thiophene rings is 1. The van der Waals surface area contributed by atoms with E-state index in [0.29, 0.717) is 11.3 Å². The summed E-state index contributed by atoms with van der Waals surface area (Å²) in [7, 11) is 0. The molecule has 3 aromatic rings. The zero-order chi connectivity index (χ0) is 14.3. The largest absolute Gasteiger partial charge is 0.367 e. The Kier molecular flexibility index (Phi) is 3.31. The monoisotopic (exact) mass is 356 g/mol. The van der Waals surface area contributed by atoms with Crippen molar-refractivity contribution in [3.05, 3.63) is 45.8 Å². The second kappa shape index (κ2) is 4.99. The minimum atomic E-state index is -0.684. The molecule has 2 N–H and O–H groups in total. The van der Waals surface area contributed by atoms with Gasteiger partial charge in [-0.1, -0.05) is 5.16 Å². The van der Waals surface area contributed by atoms with Crippen LogP contribution in [0.25, 0.3) is 21.7 Å². The maximum absolute atomic E-state index is 13.4. The Hall–Kier alpha value is -1.73. The molecule has 1 aromatic carbocycles. The first-order valence-corrected chi connectivity index (χ1v) is 7.18. The van der Waals surface area contributed by atoms with Gasteiger partial charge in [0.2, 0.25) is 5.88 Å². The van der Waals surface area contributed by atoms with Crippen molar-refractivity contribution in [2.75, 3.05) is 5.73 Å². The first-order chi connectivity index (χ1) is 9.56. The fraction of sp³-hybridized carbons (Fsp3) is 0. The molecule has 0 aliphatic carbocycles. The second-order valence-electron chi connectivity index (χ2n) is 4.03. The van der Waals surface area contributed by atoms with E-state index in [1.807, 2.05) is 11.4 Å². The first kappa shape index (κ1) is 13.3. The van der Waals surface area contributed by atoms with Gasteiger partial charge < -0.3 is 10.3 Å². The number of nitrogens with zero attached hydrogens (tertiary/aromatic N) is 1. The van der Waals surface area contributed by atoms with Crippen molar-refractivity contribution < 1.29 is 13.3 Å². The van der Waals surface area contributed by atoms with Crippen LogP contribution in [0.5, 0.6) is 0 Å². The summed E-state index contributed by atoms with van der Waals surface area (Å²) in [5.41, 5.74) is 6.87. The average molecular weight is 357 g/mol. The van der Waals surface area contributed by atoms with E-state index in [4.69, 9.17) is 10.3 Å². The summed E-state index contributed by atoms with van der Waals surface area (Å²) in [5, 5.41) is 5.75. The topological polar surface area (TPSA) is 52.0 Å². The van der Waals surface area contributed by atoms with Gasteiger partial charge in [-0.05, 0) is 45.1 Å². The van der Waals surface area contributed by atoms with Crippen molar-refractivity contribution in [1.82, 2.24) is 5.16 Å². The summed E-state index contributed by atoms with van der Waals surface area (Å²) in [6.45, 7) is 0. The molecule has 102 valence electrons. The molecule has 3 rings (SSSR count). The third-order valence-corrected chi connectivity index (χ3v) is 4.55. The molecule has 0 spiro atoms. The van der Waals surface area contributed by atoms with Gasteiger partial charge in [-0.25, -0.2) is 8.78 Å². The van der Waals surface area contributed by atoms with E-state index >= 15 is 0 Å². The molecule has 0 bridgehead atoms. The molecule has 0 amide bonds. The number of hydrogen-bond donors (Lipinski definition) is 1. The van der Waals surface area contributed by atoms with E-state index < -0.39 is 11.6 Å². The number of nitrogens with two attached hydrogens (primary N) is 1. The quantitative estimate of drug-likeness (QED) is 0.724. The molecule has 0 saturated carbocycles. The summed E-state index contributed by atoms with van der Waals surface area (Å²) >= 11 is 4.81. The van der Waals surface area contributed by atoms with Crippen molar-refractivity contribution in [2.45, 2.75) is 0 Å². The Morgan fingerprint density at radius 2 is 1.90 bits per heavy atom. The second-order valence-corrected chi connectivity index (χ2v) is 5.80. The van der Waals surface area contributed by atoms with E-state index in [9.17, 15) is 8.78 Å². The molecule has 2 aromatic heterocycles. The number of rotatable bonds is 2. The molecule has 3 nitrogen and oxygen atoms in total. The molecule has 0 aliphatic heterocycles. The lowest BCUT2D eigenvalue weighted by atomic mass is 10.0. The summed E-state index contributed by atoms with van der Waals surface area (Å²) in [6, 6.07) is 5.03. The highest BCUT2D eigenvalue weighted by atomic mass is 79.9. The van der Waals surface area contributed by atoms with Crippen LogP contribution in [0.15, 0.2) is 38.6 Å². The maximum Gasteiger partial charge on any atom is 0.230 e. The molecule has 7 heteroatoms. The molecule has 0 fully saturated rings. The number of halogens is 3. The zero-order valence-corrected chi connectivity index (χ0v) is 12.3. The maximum atomic E-state index is 13.4. The lowest BCUT2D eigenvalue weighted by Crippen LogP contribution is -1.89. The lowest BCUT2D eigenvalue weighted by molar-refractivity contribution is 0.439. The van der Waals surface area contributed by atoms with Crippen LogP contribution in [0.3, 0.4) is 0 Å². The smallest absolute Gasteiger partial charge is 0.230 e.